The number of nitrogens with one attached hydrogen (secondary N) is 2. The Morgan fingerprint density at radius 1 is 0.977 bits per heavy atom. The number of carbonyl (C=O) groups is 3. The maximum absolute atomic E-state index is 12.3. The third kappa shape index (κ3) is 20.7. The van der Waals surface area contributed by atoms with Crippen molar-refractivity contribution in [3.8, 4) is 11.3 Å². The number of hydrogen-bond donors (Lipinski definition) is 8. The standard InChI is InChI=1S/C9H7NO.C8H7FO2.C6H14N4O2.C6H13NO2/c1-2-4-8(5-3-1)9-6-10-7-11-9;9-7-3-1-6(2-4-7)5-8(10)11;7-4(5(11)12)2-1-3-10-6(8)9;1-4(2)3-5(7)6(8)9/h1-7H;1-4H,5H2,(H,10,11);4H,1-3,7H2,(H,11,12)(H4,8,9,10);4-5H,3,7H2,1-2H3,(H,8,9)/t;;4-;5-/m..00/s1. The number of oxazole rings is 1. The van der Waals surface area contributed by atoms with Crippen LogP contribution >= 0.6 is 0 Å². The molecule has 2 aromatic carbocycles. The summed E-state index contributed by atoms with van der Waals surface area (Å²) in [5.41, 5.74) is 17.1. The van der Waals surface area contributed by atoms with Crippen LogP contribution in [0.15, 0.2) is 71.6 Å². The topological polar surface area (TPSA) is 252 Å². The molecule has 0 aliphatic rings. The molecule has 0 radical (unpaired) electrons. The Balaban J connectivity index is 0.000000550. The number of guanidine groups is 1. The van der Waals surface area contributed by atoms with Gasteiger partial charge in [-0.05, 0) is 42.9 Å². The average molecular weight is 605 g/mol. The molecule has 13 nitrogen and oxygen atoms in total. The van der Waals surface area contributed by atoms with Crippen LogP contribution in [-0.4, -0.2) is 62.8 Å². The fourth-order valence-electron chi connectivity index (χ4n) is 3.01. The van der Waals surface area contributed by atoms with Gasteiger partial charge in [0.2, 0.25) is 0 Å². The van der Waals surface area contributed by atoms with E-state index < -0.39 is 30.0 Å². The highest BCUT2D eigenvalue weighted by molar-refractivity contribution is 5.74. The lowest BCUT2D eigenvalue weighted by atomic mass is 10.1. The Labute approximate surface area is 249 Å². The second-order valence-corrected chi connectivity index (χ2v) is 9.43. The van der Waals surface area contributed by atoms with Crippen LogP contribution in [-0.2, 0) is 20.8 Å². The SMILES string of the molecule is CC(C)C[C@H](N)C(=O)O.N=C(N)NCCC[C@H](N)C(=O)O.O=C(O)Cc1ccc(F)cc1.c1ccc(-c2cnco2)cc1. The van der Waals surface area contributed by atoms with E-state index in [9.17, 15) is 18.8 Å². The van der Waals surface area contributed by atoms with E-state index in [4.69, 9.17) is 42.3 Å². The first kappa shape index (κ1) is 38.2. The summed E-state index contributed by atoms with van der Waals surface area (Å²) in [7, 11) is 0. The first-order chi connectivity index (χ1) is 20.2. The highest BCUT2D eigenvalue weighted by Gasteiger charge is 2.12. The third-order valence-electron chi connectivity index (χ3n) is 5.13. The lowest BCUT2D eigenvalue weighted by Crippen LogP contribution is -2.34. The summed E-state index contributed by atoms with van der Waals surface area (Å²) in [4.78, 5) is 34.3. The molecule has 236 valence electrons. The number of hydrogen-bond acceptors (Lipinski definition) is 8. The van der Waals surface area contributed by atoms with E-state index >= 15 is 0 Å². The molecule has 0 spiro atoms. The van der Waals surface area contributed by atoms with Gasteiger partial charge in [0.05, 0.1) is 12.6 Å². The van der Waals surface area contributed by atoms with Gasteiger partial charge in [-0.15, -0.1) is 0 Å². The largest absolute Gasteiger partial charge is 0.481 e. The minimum Gasteiger partial charge on any atom is -0.481 e. The molecular weight excluding hydrogens is 563 g/mol. The average Bonchev–Trinajstić information content (AvgIpc) is 3.48. The van der Waals surface area contributed by atoms with E-state index in [1.807, 2.05) is 44.2 Å². The Bertz CT molecular complexity index is 1210. The summed E-state index contributed by atoms with van der Waals surface area (Å²) in [6, 6.07) is 13.8. The zero-order valence-electron chi connectivity index (χ0n) is 24.2. The van der Waals surface area contributed by atoms with Crippen molar-refractivity contribution in [3.05, 3.63) is 78.6 Å². The zero-order chi connectivity index (χ0) is 32.8. The van der Waals surface area contributed by atoms with Crippen molar-refractivity contribution in [1.29, 1.82) is 5.41 Å². The lowest BCUT2D eigenvalue weighted by Gasteiger charge is -2.07. The molecule has 0 aliphatic heterocycles. The summed E-state index contributed by atoms with van der Waals surface area (Å²) in [5.74, 6) is -2.11. The van der Waals surface area contributed by atoms with E-state index in [1.54, 1.807) is 6.20 Å². The van der Waals surface area contributed by atoms with Gasteiger partial charge in [-0.3, -0.25) is 19.8 Å². The summed E-state index contributed by atoms with van der Waals surface area (Å²) in [6.07, 6.45) is 4.61. The predicted molar refractivity (Wildman–Crippen MR) is 160 cm³/mol. The molecule has 0 fully saturated rings. The van der Waals surface area contributed by atoms with Crippen molar-refractivity contribution in [2.24, 2.45) is 23.1 Å². The smallest absolute Gasteiger partial charge is 0.320 e. The molecule has 0 unspecified atom stereocenters. The number of halogens is 1. The highest BCUT2D eigenvalue weighted by Crippen LogP contribution is 2.16. The van der Waals surface area contributed by atoms with Crippen LogP contribution in [0.1, 0.15) is 38.7 Å². The number of carboxylic acids is 3. The monoisotopic (exact) mass is 604 g/mol. The van der Waals surface area contributed by atoms with Gasteiger partial charge < -0.3 is 42.3 Å². The predicted octanol–water partition coefficient (Wildman–Crippen LogP) is 2.90. The Morgan fingerprint density at radius 2 is 1.56 bits per heavy atom. The molecule has 43 heavy (non-hydrogen) atoms. The molecule has 2 atom stereocenters. The minimum atomic E-state index is -1.00. The van der Waals surface area contributed by atoms with E-state index in [2.05, 4.69) is 10.3 Å². The van der Waals surface area contributed by atoms with Gasteiger partial charge >= 0.3 is 17.9 Å². The number of nitrogens with zero attached hydrogens (tertiary/aromatic N) is 1. The normalized spacial score (nSPS) is 11.2. The van der Waals surface area contributed by atoms with Crippen LogP contribution in [0.25, 0.3) is 11.3 Å². The number of rotatable bonds is 11. The van der Waals surface area contributed by atoms with Crippen molar-refractivity contribution >= 4 is 23.9 Å². The highest BCUT2D eigenvalue weighted by atomic mass is 19.1. The molecule has 3 rings (SSSR count). The van der Waals surface area contributed by atoms with Gasteiger partial charge in [-0.25, -0.2) is 9.37 Å². The van der Waals surface area contributed by atoms with Crippen LogP contribution in [0, 0.1) is 17.1 Å². The summed E-state index contributed by atoms with van der Waals surface area (Å²) in [5, 5.41) is 34.4. The molecule has 11 N–H and O–H groups in total. The van der Waals surface area contributed by atoms with Crippen molar-refractivity contribution in [2.75, 3.05) is 6.54 Å². The number of aliphatic carboxylic acids is 3. The third-order valence-corrected chi connectivity index (χ3v) is 5.13. The molecule has 1 heterocycles. The fraction of sp³-hybridized carbons (Fsp3) is 0.345. The van der Waals surface area contributed by atoms with Crippen LogP contribution in [0.2, 0.25) is 0 Å². The molecule has 0 aliphatic carbocycles. The zero-order valence-corrected chi connectivity index (χ0v) is 24.2. The molecule has 0 bridgehead atoms. The van der Waals surface area contributed by atoms with Crippen molar-refractivity contribution in [2.45, 2.75) is 51.6 Å². The molecule has 3 aromatic rings. The molecule has 14 heteroatoms. The second-order valence-electron chi connectivity index (χ2n) is 9.43. The summed E-state index contributed by atoms with van der Waals surface area (Å²) < 4.78 is 17.4. The summed E-state index contributed by atoms with van der Waals surface area (Å²) in [6.45, 7) is 4.38. The van der Waals surface area contributed by atoms with Crippen molar-refractivity contribution < 1.29 is 38.5 Å². The van der Waals surface area contributed by atoms with E-state index in [-0.39, 0.29) is 18.2 Å². The van der Waals surface area contributed by atoms with Gasteiger partial charge in [-0.2, -0.15) is 0 Å². The van der Waals surface area contributed by atoms with E-state index in [0.29, 0.717) is 37.3 Å². The molecule has 1 aromatic heterocycles. The van der Waals surface area contributed by atoms with Gasteiger partial charge in [0.1, 0.15) is 17.9 Å². The molecular formula is C29H41FN6O7. The number of carboxylic acid groups (broad SMARTS) is 3. The quantitative estimate of drug-likeness (QED) is 0.0893. The molecule has 0 amide bonds. The maximum atomic E-state index is 12.3. The number of benzene rings is 2. The minimum absolute atomic E-state index is 0.0553. The van der Waals surface area contributed by atoms with Crippen LogP contribution in [0.4, 0.5) is 4.39 Å². The first-order valence-electron chi connectivity index (χ1n) is 13.2. The van der Waals surface area contributed by atoms with Crippen LogP contribution < -0.4 is 22.5 Å². The van der Waals surface area contributed by atoms with E-state index in [1.165, 1.54) is 30.7 Å². The number of aromatic nitrogens is 1. The van der Waals surface area contributed by atoms with Gasteiger partial charge in [0.25, 0.3) is 0 Å². The first-order valence-corrected chi connectivity index (χ1v) is 13.2. The number of nitrogens with two attached hydrogens (primary N) is 3. The fourth-order valence-corrected chi connectivity index (χ4v) is 3.01. The van der Waals surface area contributed by atoms with Crippen molar-refractivity contribution in [3.63, 3.8) is 0 Å². The van der Waals surface area contributed by atoms with Gasteiger partial charge in [-0.1, -0.05) is 56.3 Å². The van der Waals surface area contributed by atoms with Crippen LogP contribution in [0.3, 0.4) is 0 Å². The van der Waals surface area contributed by atoms with Gasteiger partial charge in [0, 0.05) is 12.1 Å². The molecule has 0 saturated carbocycles. The Hall–Kier alpha value is -4.82. The van der Waals surface area contributed by atoms with Gasteiger partial charge in [0.15, 0.2) is 18.1 Å². The Kier molecular flexibility index (Phi) is 19.4. The Morgan fingerprint density at radius 3 is 1.98 bits per heavy atom. The lowest BCUT2D eigenvalue weighted by molar-refractivity contribution is -0.139. The molecule has 0 saturated heterocycles. The van der Waals surface area contributed by atoms with E-state index in [0.717, 1.165) is 11.3 Å². The maximum Gasteiger partial charge on any atom is 0.320 e. The van der Waals surface area contributed by atoms with Crippen molar-refractivity contribution in [1.82, 2.24) is 10.3 Å². The van der Waals surface area contributed by atoms with Crippen LogP contribution in [0.5, 0.6) is 0 Å². The summed E-state index contributed by atoms with van der Waals surface area (Å²) >= 11 is 0. The second kappa shape index (κ2) is 21.9.